The summed E-state index contributed by atoms with van der Waals surface area (Å²) in [7, 11) is 1.51. The Kier molecular flexibility index (Phi) is 4.16. The van der Waals surface area contributed by atoms with Crippen LogP contribution in [0.15, 0.2) is 41.0 Å². The Morgan fingerprint density at radius 2 is 2.11 bits per heavy atom. The molecule has 1 N–H and O–H groups in total. The maximum atomic E-state index is 12.2. The van der Waals surface area contributed by atoms with Gasteiger partial charge in [-0.2, -0.15) is 0 Å². The fraction of sp³-hybridized carbons (Fsp3) is 0.143. The summed E-state index contributed by atoms with van der Waals surface area (Å²) in [5.74, 6) is 0.182. The Balaban J connectivity index is 2.28. The lowest BCUT2D eigenvalue weighted by Gasteiger charge is -2.10. The average molecular weight is 321 g/mol. The van der Waals surface area contributed by atoms with Gasteiger partial charge >= 0.3 is 0 Å². The van der Waals surface area contributed by atoms with Crippen LogP contribution in [0.4, 0.5) is 5.69 Å². The minimum Gasteiger partial charge on any atom is -0.480 e. The van der Waals surface area contributed by atoms with Crippen LogP contribution >= 0.6 is 15.9 Å². The summed E-state index contributed by atoms with van der Waals surface area (Å²) in [5, 5.41) is 2.79. The summed E-state index contributed by atoms with van der Waals surface area (Å²) in [5.41, 5.74) is 2.13. The summed E-state index contributed by atoms with van der Waals surface area (Å²) in [6.45, 7) is 1.94. The first-order chi connectivity index (χ1) is 9.13. The number of benzene rings is 1. The molecular weight excluding hydrogens is 308 g/mol. The fourth-order valence-electron chi connectivity index (χ4n) is 1.66. The van der Waals surface area contributed by atoms with E-state index in [4.69, 9.17) is 4.74 Å². The van der Waals surface area contributed by atoms with E-state index < -0.39 is 0 Å². The molecule has 0 aliphatic carbocycles. The molecule has 0 saturated heterocycles. The van der Waals surface area contributed by atoms with Crippen molar-refractivity contribution >= 4 is 27.5 Å². The average Bonchev–Trinajstić information content (AvgIpc) is 2.42. The molecule has 19 heavy (non-hydrogen) atoms. The van der Waals surface area contributed by atoms with Crippen molar-refractivity contribution in [3.63, 3.8) is 0 Å². The van der Waals surface area contributed by atoms with E-state index in [1.807, 2.05) is 19.1 Å². The molecule has 0 spiro atoms. The molecule has 2 rings (SSSR count). The van der Waals surface area contributed by atoms with Gasteiger partial charge in [-0.1, -0.05) is 12.1 Å². The van der Waals surface area contributed by atoms with Crippen LogP contribution in [0.1, 0.15) is 15.9 Å². The van der Waals surface area contributed by atoms with Crippen LogP contribution in [-0.4, -0.2) is 18.0 Å². The highest BCUT2D eigenvalue weighted by molar-refractivity contribution is 9.10. The monoisotopic (exact) mass is 320 g/mol. The van der Waals surface area contributed by atoms with E-state index in [9.17, 15) is 4.79 Å². The second kappa shape index (κ2) is 5.84. The van der Waals surface area contributed by atoms with Gasteiger partial charge in [-0.3, -0.25) is 4.79 Å². The zero-order valence-corrected chi connectivity index (χ0v) is 12.2. The van der Waals surface area contributed by atoms with E-state index in [1.54, 1.807) is 24.4 Å². The van der Waals surface area contributed by atoms with Gasteiger partial charge in [0.15, 0.2) is 0 Å². The molecule has 0 radical (unpaired) electrons. The largest absolute Gasteiger partial charge is 0.480 e. The number of nitrogens with zero attached hydrogens (tertiary/aromatic N) is 1. The van der Waals surface area contributed by atoms with Gasteiger partial charge in [-0.15, -0.1) is 0 Å². The molecule has 0 aliphatic heterocycles. The molecule has 1 aromatic carbocycles. The van der Waals surface area contributed by atoms with Crippen LogP contribution < -0.4 is 10.1 Å². The minimum absolute atomic E-state index is 0.207. The summed E-state index contributed by atoms with van der Waals surface area (Å²) in [6, 6.07) is 9.02. The Morgan fingerprint density at radius 1 is 1.32 bits per heavy atom. The van der Waals surface area contributed by atoms with E-state index in [1.165, 1.54) is 7.11 Å². The number of carbonyl (C=O) groups excluding carboxylic acids is 1. The van der Waals surface area contributed by atoms with E-state index in [0.29, 0.717) is 17.1 Å². The van der Waals surface area contributed by atoms with Crippen molar-refractivity contribution in [2.75, 3.05) is 12.4 Å². The second-order valence-corrected chi connectivity index (χ2v) is 4.74. The molecule has 1 heterocycles. The number of amides is 1. The molecule has 0 saturated carbocycles. The lowest BCUT2D eigenvalue weighted by molar-refractivity contribution is 0.102. The maximum Gasteiger partial charge on any atom is 0.256 e. The summed E-state index contributed by atoms with van der Waals surface area (Å²) in [6.07, 6.45) is 1.61. The fourth-order valence-corrected chi connectivity index (χ4v) is 2.11. The molecule has 1 aromatic heterocycles. The van der Waals surface area contributed by atoms with E-state index in [-0.39, 0.29) is 5.91 Å². The van der Waals surface area contributed by atoms with Crippen molar-refractivity contribution in [3.05, 3.63) is 52.1 Å². The van der Waals surface area contributed by atoms with Gasteiger partial charge in [0.25, 0.3) is 5.91 Å². The van der Waals surface area contributed by atoms with Gasteiger partial charge in [-0.05, 0) is 46.6 Å². The molecule has 0 bridgehead atoms. The van der Waals surface area contributed by atoms with Crippen molar-refractivity contribution in [1.29, 1.82) is 0 Å². The second-order valence-electron chi connectivity index (χ2n) is 3.95. The van der Waals surface area contributed by atoms with Gasteiger partial charge in [0.2, 0.25) is 5.88 Å². The van der Waals surface area contributed by atoms with Gasteiger partial charge in [0, 0.05) is 10.7 Å². The summed E-state index contributed by atoms with van der Waals surface area (Å²) in [4.78, 5) is 16.3. The predicted molar refractivity (Wildman–Crippen MR) is 77.6 cm³/mol. The van der Waals surface area contributed by atoms with Crippen molar-refractivity contribution < 1.29 is 9.53 Å². The number of aryl methyl sites for hydroxylation is 1. The first-order valence-corrected chi connectivity index (χ1v) is 6.48. The standard InChI is InChI=1S/C14H13BrN2O2/c1-9-5-3-6-10(12(9)15)13(18)17-11-7-4-8-16-14(11)19-2/h3-8H,1-2H3,(H,17,18). The normalized spacial score (nSPS) is 10.1. The van der Waals surface area contributed by atoms with Crippen LogP contribution in [0.25, 0.3) is 0 Å². The predicted octanol–water partition coefficient (Wildman–Crippen LogP) is 3.41. The van der Waals surface area contributed by atoms with Crippen LogP contribution in [0.2, 0.25) is 0 Å². The van der Waals surface area contributed by atoms with E-state index in [2.05, 4.69) is 26.2 Å². The molecule has 5 heteroatoms. The zero-order valence-electron chi connectivity index (χ0n) is 10.6. The Bertz CT molecular complexity index is 614. The number of hydrogen-bond donors (Lipinski definition) is 1. The Morgan fingerprint density at radius 3 is 2.84 bits per heavy atom. The van der Waals surface area contributed by atoms with E-state index >= 15 is 0 Å². The number of hydrogen-bond acceptors (Lipinski definition) is 3. The quantitative estimate of drug-likeness (QED) is 0.942. The highest BCUT2D eigenvalue weighted by atomic mass is 79.9. The number of carbonyl (C=O) groups is 1. The SMILES string of the molecule is COc1ncccc1NC(=O)c1cccc(C)c1Br. The first kappa shape index (κ1) is 13.5. The molecule has 0 atom stereocenters. The molecule has 0 unspecified atom stereocenters. The smallest absolute Gasteiger partial charge is 0.256 e. The van der Waals surface area contributed by atoms with Gasteiger partial charge < -0.3 is 10.1 Å². The number of aromatic nitrogens is 1. The molecular formula is C14H13BrN2O2. The Hall–Kier alpha value is -1.88. The van der Waals surface area contributed by atoms with Crippen molar-refractivity contribution in [2.24, 2.45) is 0 Å². The first-order valence-electron chi connectivity index (χ1n) is 5.69. The molecule has 2 aromatic rings. The molecule has 1 amide bonds. The summed E-state index contributed by atoms with van der Waals surface area (Å²) < 4.78 is 5.89. The molecule has 0 fully saturated rings. The van der Waals surface area contributed by atoms with Gasteiger partial charge in [-0.25, -0.2) is 4.98 Å². The number of rotatable bonds is 3. The van der Waals surface area contributed by atoms with Crippen LogP contribution in [0, 0.1) is 6.92 Å². The number of halogens is 1. The number of nitrogens with one attached hydrogen (secondary N) is 1. The van der Waals surface area contributed by atoms with Crippen LogP contribution in [0.5, 0.6) is 5.88 Å². The van der Waals surface area contributed by atoms with Crippen molar-refractivity contribution in [3.8, 4) is 5.88 Å². The van der Waals surface area contributed by atoms with Gasteiger partial charge in [0.1, 0.15) is 5.69 Å². The third kappa shape index (κ3) is 2.93. The van der Waals surface area contributed by atoms with E-state index in [0.717, 1.165) is 10.0 Å². The number of pyridine rings is 1. The molecule has 4 nitrogen and oxygen atoms in total. The lowest BCUT2D eigenvalue weighted by atomic mass is 10.1. The number of methoxy groups -OCH3 is 1. The third-order valence-electron chi connectivity index (χ3n) is 2.65. The zero-order chi connectivity index (χ0) is 13.8. The molecule has 0 aliphatic rings. The van der Waals surface area contributed by atoms with Crippen LogP contribution in [-0.2, 0) is 0 Å². The summed E-state index contributed by atoms with van der Waals surface area (Å²) >= 11 is 3.42. The minimum atomic E-state index is -0.207. The lowest BCUT2D eigenvalue weighted by Crippen LogP contribution is -2.14. The highest BCUT2D eigenvalue weighted by Gasteiger charge is 2.13. The van der Waals surface area contributed by atoms with Gasteiger partial charge in [0.05, 0.1) is 12.7 Å². The highest BCUT2D eigenvalue weighted by Crippen LogP contribution is 2.24. The van der Waals surface area contributed by atoms with Crippen molar-refractivity contribution in [2.45, 2.75) is 6.92 Å². The maximum absolute atomic E-state index is 12.2. The number of ether oxygens (including phenoxy) is 1. The molecule has 98 valence electrons. The topological polar surface area (TPSA) is 51.2 Å². The van der Waals surface area contributed by atoms with Crippen molar-refractivity contribution in [1.82, 2.24) is 4.98 Å². The Labute approximate surface area is 119 Å². The number of anilines is 1. The third-order valence-corrected chi connectivity index (χ3v) is 3.70. The van der Waals surface area contributed by atoms with Crippen LogP contribution in [0.3, 0.4) is 0 Å².